The van der Waals surface area contributed by atoms with E-state index in [0.717, 1.165) is 16.8 Å². The van der Waals surface area contributed by atoms with Crippen molar-refractivity contribution in [3.63, 3.8) is 0 Å². The molecular formula is C21H18N4O2S. The van der Waals surface area contributed by atoms with Crippen LogP contribution in [0.2, 0.25) is 0 Å². The molecule has 4 rings (SSSR count). The molecule has 6 nitrogen and oxygen atoms in total. The number of nitrogens with one attached hydrogen (secondary N) is 1. The van der Waals surface area contributed by atoms with E-state index in [4.69, 9.17) is 0 Å². The summed E-state index contributed by atoms with van der Waals surface area (Å²) in [6.07, 6.45) is 1.40. The second-order valence-electron chi connectivity index (χ2n) is 6.60. The SMILES string of the molecule is Cc1ccc(-c2csc(NC(=O)Cn3cnc4ccccc4c3=O)n2)c(C)c1. The summed E-state index contributed by atoms with van der Waals surface area (Å²) < 4.78 is 1.30. The zero-order chi connectivity index (χ0) is 19.7. The minimum absolute atomic E-state index is 0.116. The Kier molecular flexibility index (Phi) is 4.75. The van der Waals surface area contributed by atoms with Crippen LogP contribution in [0.15, 0.2) is 59.0 Å². The average molecular weight is 390 g/mol. The van der Waals surface area contributed by atoms with Crippen LogP contribution in [0.3, 0.4) is 0 Å². The van der Waals surface area contributed by atoms with E-state index >= 15 is 0 Å². The van der Waals surface area contributed by atoms with Gasteiger partial charge in [-0.2, -0.15) is 0 Å². The summed E-state index contributed by atoms with van der Waals surface area (Å²) >= 11 is 1.36. The molecule has 0 atom stereocenters. The van der Waals surface area contributed by atoms with E-state index in [2.05, 4.69) is 21.4 Å². The van der Waals surface area contributed by atoms with Gasteiger partial charge in [0.1, 0.15) is 6.54 Å². The van der Waals surface area contributed by atoms with Crippen molar-refractivity contribution < 1.29 is 4.79 Å². The number of carbonyl (C=O) groups excluding carboxylic acids is 1. The molecule has 0 fully saturated rings. The third kappa shape index (κ3) is 3.57. The number of para-hydroxylation sites is 1. The number of hydrogen-bond donors (Lipinski definition) is 1. The normalized spacial score (nSPS) is 10.9. The fourth-order valence-electron chi connectivity index (χ4n) is 3.09. The van der Waals surface area contributed by atoms with Gasteiger partial charge in [-0.05, 0) is 31.5 Å². The van der Waals surface area contributed by atoms with Gasteiger partial charge in [0, 0.05) is 10.9 Å². The highest BCUT2D eigenvalue weighted by atomic mass is 32.1. The molecular weight excluding hydrogens is 372 g/mol. The van der Waals surface area contributed by atoms with Crippen LogP contribution in [0.4, 0.5) is 5.13 Å². The molecule has 0 aliphatic rings. The van der Waals surface area contributed by atoms with Crippen LogP contribution in [-0.2, 0) is 11.3 Å². The van der Waals surface area contributed by atoms with Crippen molar-refractivity contribution in [1.82, 2.24) is 14.5 Å². The molecule has 0 aliphatic heterocycles. The first kappa shape index (κ1) is 18.1. The monoisotopic (exact) mass is 390 g/mol. The maximum atomic E-state index is 12.5. The quantitative estimate of drug-likeness (QED) is 0.575. The van der Waals surface area contributed by atoms with E-state index < -0.39 is 0 Å². The summed E-state index contributed by atoms with van der Waals surface area (Å²) in [5.74, 6) is -0.319. The van der Waals surface area contributed by atoms with Crippen LogP contribution in [0.5, 0.6) is 0 Å². The number of nitrogens with zero attached hydrogens (tertiary/aromatic N) is 3. The van der Waals surface area contributed by atoms with Crippen molar-refractivity contribution in [2.24, 2.45) is 0 Å². The highest BCUT2D eigenvalue weighted by Gasteiger charge is 2.12. The molecule has 0 saturated heterocycles. The topological polar surface area (TPSA) is 76.9 Å². The Morgan fingerprint density at radius 1 is 1.18 bits per heavy atom. The van der Waals surface area contributed by atoms with E-state index in [1.54, 1.807) is 18.2 Å². The largest absolute Gasteiger partial charge is 0.300 e. The Bertz CT molecular complexity index is 1240. The molecule has 140 valence electrons. The molecule has 1 amide bonds. The smallest absolute Gasteiger partial charge is 0.261 e. The molecule has 7 heteroatoms. The summed E-state index contributed by atoms with van der Waals surface area (Å²) in [6.45, 7) is 3.97. The predicted octanol–water partition coefficient (Wildman–Crippen LogP) is 3.78. The molecule has 2 aromatic carbocycles. The molecule has 0 saturated carbocycles. The molecule has 0 unspecified atom stereocenters. The lowest BCUT2D eigenvalue weighted by Crippen LogP contribution is -2.27. The fourth-order valence-corrected chi connectivity index (χ4v) is 3.81. The summed E-state index contributed by atoms with van der Waals surface area (Å²) in [7, 11) is 0. The van der Waals surface area contributed by atoms with Crippen molar-refractivity contribution in [3.05, 3.63) is 75.7 Å². The number of fused-ring (bicyclic) bond motifs is 1. The lowest BCUT2D eigenvalue weighted by molar-refractivity contribution is -0.116. The zero-order valence-electron chi connectivity index (χ0n) is 15.5. The van der Waals surface area contributed by atoms with Crippen molar-refractivity contribution in [1.29, 1.82) is 0 Å². The first-order chi connectivity index (χ1) is 13.5. The van der Waals surface area contributed by atoms with Gasteiger partial charge in [-0.15, -0.1) is 11.3 Å². The van der Waals surface area contributed by atoms with Crippen LogP contribution < -0.4 is 10.9 Å². The molecule has 0 radical (unpaired) electrons. The predicted molar refractivity (Wildman–Crippen MR) is 112 cm³/mol. The number of hydrogen-bond acceptors (Lipinski definition) is 5. The molecule has 4 aromatic rings. The summed E-state index contributed by atoms with van der Waals surface area (Å²) in [6, 6.07) is 13.2. The van der Waals surface area contributed by atoms with Gasteiger partial charge in [0.2, 0.25) is 5.91 Å². The number of aromatic nitrogens is 3. The van der Waals surface area contributed by atoms with Crippen molar-refractivity contribution in [2.45, 2.75) is 20.4 Å². The van der Waals surface area contributed by atoms with Gasteiger partial charge >= 0.3 is 0 Å². The Morgan fingerprint density at radius 2 is 2.00 bits per heavy atom. The Balaban J connectivity index is 1.51. The summed E-state index contributed by atoms with van der Waals surface area (Å²) in [5.41, 5.74) is 4.56. The maximum absolute atomic E-state index is 12.5. The molecule has 1 N–H and O–H groups in total. The van der Waals surface area contributed by atoms with Gasteiger partial charge in [-0.1, -0.05) is 35.9 Å². The second-order valence-corrected chi connectivity index (χ2v) is 7.46. The molecule has 2 aromatic heterocycles. The van der Waals surface area contributed by atoms with Crippen LogP contribution in [0.25, 0.3) is 22.2 Å². The lowest BCUT2D eigenvalue weighted by Gasteiger charge is -2.06. The van der Waals surface area contributed by atoms with Gasteiger partial charge < -0.3 is 5.32 Å². The van der Waals surface area contributed by atoms with Crippen LogP contribution >= 0.6 is 11.3 Å². The minimum Gasteiger partial charge on any atom is -0.300 e. The van der Waals surface area contributed by atoms with Gasteiger partial charge in [0.05, 0.1) is 22.9 Å². The lowest BCUT2D eigenvalue weighted by atomic mass is 10.0. The summed E-state index contributed by atoms with van der Waals surface area (Å²) in [4.78, 5) is 33.6. The number of anilines is 1. The highest BCUT2D eigenvalue weighted by Crippen LogP contribution is 2.27. The van der Waals surface area contributed by atoms with E-state index in [-0.39, 0.29) is 18.0 Å². The van der Waals surface area contributed by atoms with Crippen LogP contribution in [0.1, 0.15) is 11.1 Å². The number of benzene rings is 2. The first-order valence-corrected chi connectivity index (χ1v) is 9.66. The van der Waals surface area contributed by atoms with Gasteiger partial charge in [-0.3, -0.25) is 14.2 Å². The minimum atomic E-state index is -0.319. The standard InChI is InChI=1S/C21H18N4O2S/c1-13-7-8-15(14(2)9-13)18-11-28-21(23-18)24-19(26)10-25-12-22-17-6-4-3-5-16(17)20(25)27/h3-9,11-12H,10H2,1-2H3,(H,23,24,26). The van der Waals surface area contributed by atoms with Crippen LogP contribution in [0, 0.1) is 13.8 Å². The van der Waals surface area contributed by atoms with E-state index in [1.807, 2.05) is 37.4 Å². The first-order valence-electron chi connectivity index (χ1n) is 8.78. The maximum Gasteiger partial charge on any atom is 0.261 e. The van der Waals surface area contributed by atoms with Crippen molar-refractivity contribution in [3.8, 4) is 11.3 Å². The number of carbonyl (C=O) groups is 1. The van der Waals surface area contributed by atoms with Gasteiger partial charge in [0.25, 0.3) is 5.56 Å². The Morgan fingerprint density at radius 3 is 2.82 bits per heavy atom. The number of rotatable bonds is 4. The molecule has 0 aliphatic carbocycles. The third-order valence-electron chi connectivity index (χ3n) is 4.45. The van der Waals surface area contributed by atoms with Crippen LogP contribution in [-0.4, -0.2) is 20.4 Å². The van der Waals surface area contributed by atoms with Gasteiger partial charge in [0.15, 0.2) is 5.13 Å². The molecule has 28 heavy (non-hydrogen) atoms. The number of aryl methyl sites for hydroxylation is 2. The molecule has 0 spiro atoms. The summed E-state index contributed by atoms with van der Waals surface area (Å²) in [5, 5.41) is 5.67. The Labute approximate surface area is 165 Å². The fraction of sp³-hybridized carbons (Fsp3) is 0.143. The average Bonchev–Trinajstić information content (AvgIpc) is 3.12. The van der Waals surface area contributed by atoms with Gasteiger partial charge in [-0.25, -0.2) is 9.97 Å². The highest BCUT2D eigenvalue weighted by molar-refractivity contribution is 7.14. The van der Waals surface area contributed by atoms with E-state index in [0.29, 0.717) is 16.0 Å². The molecule has 0 bridgehead atoms. The second kappa shape index (κ2) is 7.36. The van der Waals surface area contributed by atoms with Crippen molar-refractivity contribution in [2.75, 3.05) is 5.32 Å². The zero-order valence-corrected chi connectivity index (χ0v) is 16.3. The number of amides is 1. The van der Waals surface area contributed by atoms with Crippen molar-refractivity contribution >= 4 is 33.3 Å². The number of thiazole rings is 1. The molecule has 2 heterocycles. The van der Waals surface area contributed by atoms with E-state index in [1.165, 1.54) is 27.8 Å². The van der Waals surface area contributed by atoms with E-state index in [9.17, 15) is 9.59 Å². The Hall–Kier alpha value is -3.32. The third-order valence-corrected chi connectivity index (χ3v) is 5.21.